The van der Waals surface area contributed by atoms with Gasteiger partial charge < -0.3 is 20.5 Å². The van der Waals surface area contributed by atoms with Crippen LogP contribution in [0.3, 0.4) is 0 Å². The quantitative estimate of drug-likeness (QED) is 0.414. The second kappa shape index (κ2) is 10.5. The third-order valence-electron chi connectivity index (χ3n) is 2.60. The SMILES string of the molecule is COc1ccccc1OCC(C)CN=C(N)NC(C)C.I. The zero-order valence-electron chi connectivity index (χ0n) is 13.1. The number of para-hydroxylation sites is 2. The van der Waals surface area contributed by atoms with E-state index in [1.807, 2.05) is 38.1 Å². The highest BCUT2D eigenvalue weighted by molar-refractivity contribution is 14.0. The Balaban J connectivity index is 0.00000400. The maximum absolute atomic E-state index is 5.75. The van der Waals surface area contributed by atoms with Crippen LogP contribution in [0.5, 0.6) is 11.5 Å². The summed E-state index contributed by atoms with van der Waals surface area (Å²) in [6.45, 7) is 7.31. The summed E-state index contributed by atoms with van der Waals surface area (Å²) in [5.41, 5.74) is 5.75. The van der Waals surface area contributed by atoms with Gasteiger partial charge in [0, 0.05) is 18.5 Å². The fourth-order valence-electron chi connectivity index (χ4n) is 1.62. The number of nitrogens with zero attached hydrogens (tertiary/aromatic N) is 1. The second-order valence-electron chi connectivity index (χ2n) is 5.09. The van der Waals surface area contributed by atoms with Crippen LogP contribution < -0.4 is 20.5 Å². The molecule has 0 aliphatic carbocycles. The van der Waals surface area contributed by atoms with E-state index >= 15 is 0 Å². The van der Waals surface area contributed by atoms with Crippen LogP contribution in [0.2, 0.25) is 0 Å². The lowest BCUT2D eigenvalue weighted by Crippen LogP contribution is -2.37. The summed E-state index contributed by atoms with van der Waals surface area (Å²) < 4.78 is 11.0. The van der Waals surface area contributed by atoms with Crippen LogP contribution in [-0.2, 0) is 0 Å². The minimum Gasteiger partial charge on any atom is -0.493 e. The summed E-state index contributed by atoms with van der Waals surface area (Å²) in [4.78, 5) is 4.29. The maximum atomic E-state index is 5.75. The maximum Gasteiger partial charge on any atom is 0.188 e. The first kappa shape index (κ1) is 19.8. The topological polar surface area (TPSA) is 68.9 Å². The van der Waals surface area contributed by atoms with E-state index < -0.39 is 0 Å². The highest BCUT2D eigenvalue weighted by Crippen LogP contribution is 2.26. The molecule has 0 heterocycles. The lowest BCUT2D eigenvalue weighted by molar-refractivity contribution is 0.251. The zero-order chi connectivity index (χ0) is 15.0. The summed E-state index contributed by atoms with van der Waals surface area (Å²) in [7, 11) is 1.63. The van der Waals surface area contributed by atoms with Crippen molar-refractivity contribution in [3.05, 3.63) is 24.3 Å². The number of guanidine groups is 1. The van der Waals surface area contributed by atoms with Crippen LogP contribution in [0, 0.1) is 5.92 Å². The Kier molecular flexibility index (Phi) is 9.94. The van der Waals surface area contributed by atoms with Gasteiger partial charge in [-0.25, -0.2) is 0 Å². The molecule has 1 aromatic rings. The van der Waals surface area contributed by atoms with Gasteiger partial charge in [-0.05, 0) is 26.0 Å². The van der Waals surface area contributed by atoms with Crippen LogP contribution in [0.4, 0.5) is 0 Å². The van der Waals surface area contributed by atoms with Crippen LogP contribution in [-0.4, -0.2) is 32.3 Å². The molecule has 0 radical (unpaired) electrons. The van der Waals surface area contributed by atoms with Crippen molar-refractivity contribution in [2.24, 2.45) is 16.6 Å². The Morgan fingerprint density at radius 3 is 2.43 bits per heavy atom. The molecule has 0 saturated heterocycles. The molecule has 5 nitrogen and oxygen atoms in total. The summed E-state index contributed by atoms with van der Waals surface area (Å²) >= 11 is 0. The number of halogens is 1. The number of ether oxygens (including phenoxy) is 2. The molecule has 6 heteroatoms. The van der Waals surface area contributed by atoms with E-state index in [2.05, 4.69) is 17.2 Å². The predicted octanol–water partition coefficient (Wildman–Crippen LogP) is 2.64. The number of benzene rings is 1. The van der Waals surface area contributed by atoms with Gasteiger partial charge in [0.1, 0.15) is 0 Å². The summed E-state index contributed by atoms with van der Waals surface area (Å²) in [6.07, 6.45) is 0. The fraction of sp³-hybridized carbons (Fsp3) is 0.533. The van der Waals surface area contributed by atoms with Crippen molar-refractivity contribution in [1.29, 1.82) is 0 Å². The standard InChI is InChI=1S/C15H25N3O2.HI/c1-11(2)18-15(16)17-9-12(3)10-20-14-8-6-5-7-13(14)19-4;/h5-8,11-12H,9-10H2,1-4H3,(H3,16,17,18);1H. The van der Waals surface area contributed by atoms with Gasteiger partial charge in [-0.2, -0.15) is 0 Å². The first-order chi connectivity index (χ1) is 9.52. The molecule has 0 amide bonds. The lowest BCUT2D eigenvalue weighted by atomic mass is 10.2. The summed E-state index contributed by atoms with van der Waals surface area (Å²) in [6, 6.07) is 7.90. The van der Waals surface area contributed by atoms with Crippen molar-refractivity contribution in [3.63, 3.8) is 0 Å². The van der Waals surface area contributed by atoms with Gasteiger partial charge in [0.25, 0.3) is 0 Å². The highest BCUT2D eigenvalue weighted by atomic mass is 127. The Morgan fingerprint density at radius 2 is 1.86 bits per heavy atom. The molecule has 0 saturated carbocycles. The average molecular weight is 407 g/mol. The Labute approximate surface area is 144 Å². The van der Waals surface area contributed by atoms with Crippen molar-refractivity contribution in [3.8, 4) is 11.5 Å². The molecule has 120 valence electrons. The van der Waals surface area contributed by atoms with E-state index in [0.717, 1.165) is 11.5 Å². The average Bonchev–Trinajstić information content (AvgIpc) is 2.42. The minimum absolute atomic E-state index is 0. The molecule has 1 atom stereocenters. The molecule has 0 aromatic heterocycles. The summed E-state index contributed by atoms with van der Waals surface area (Å²) in [5, 5.41) is 3.06. The normalized spacial score (nSPS) is 12.5. The van der Waals surface area contributed by atoms with Crippen molar-refractivity contribution < 1.29 is 9.47 Å². The van der Waals surface area contributed by atoms with Gasteiger partial charge in [0.05, 0.1) is 13.7 Å². The van der Waals surface area contributed by atoms with E-state index in [1.165, 1.54) is 0 Å². The molecular weight excluding hydrogens is 381 g/mol. The van der Waals surface area contributed by atoms with Crippen LogP contribution in [0.1, 0.15) is 20.8 Å². The monoisotopic (exact) mass is 407 g/mol. The lowest BCUT2D eigenvalue weighted by Gasteiger charge is -2.14. The predicted molar refractivity (Wildman–Crippen MR) is 97.8 cm³/mol. The molecule has 1 unspecified atom stereocenters. The van der Waals surface area contributed by atoms with Crippen molar-refractivity contribution in [2.75, 3.05) is 20.3 Å². The third kappa shape index (κ3) is 7.99. The second-order valence-corrected chi connectivity index (χ2v) is 5.09. The largest absolute Gasteiger partial charge is 0.493 e. The van der Waals surface area contributed by atoms with Gasteiger partial charge in [0.15, 0.2) is 17.5 Å². The molecule has 3 N–H and O–H groups in total. The number of aliphatic imine (C=N–C) groups is 1. The molecule has 1 aromatic carbocycles. The molecule has 0 aliphatic rings. The highest BCUT2D eigenvalue weighted by Gasteiger charge is 2.07. The van der Waals surface area contributed by atoms with Crippen molar-refractivity contribution >= 4 is 29.9 Å². The molecule has 0 aliphatic heterocycles. The number of nitrogens with two attached hydrogens (primary N) is 1. The number of rotatable bonds is 7. The minimum atomic E-state index is 0. The van der Waals surface area contributed by atoms with E-state index in [9.17, 15) is 0 Å². The van der Waals surface area contributed by atoms with Crippen LogP contribution in [0.15, 0.2) is 29.3 Å². The smallest absolute Gasteiger partial charge is 0.188 e. The van der Waals surface area contributed by atoms with E-state index in [-0.39, 0.29) is 29.9 Å². The van der Waals surface area contributed by atoms with Crippen molar-refractivity contribution in [1.82, 2.24) is 5.32 Å². The molecule has 0 spiro atoms. The van der Waals surface area contributed by atoms with Gasteiger partial charge >= 0.3 is 0 Å². The fourth-order valence-corrected chi connectivity index (χ4v) is 1.62. The van der Waals surface area contributed by atoms with Gasteiger partial charge in [-0.15, -0.1) is 24.0 Å². The number of hydrogen-bond acceptors (Lipinski definition) is 3. The van der Waals surface area contributed by atoms with Crippen LogP contribution >= 0.6 is 24.0 Å². The number of methoxy groups -OCH3 is 1. The first-order valence-electron chi connectivity index (χ1n) is 6.85. The summed E-state index contributed by atoms with van der Waals surface area (Å²) in [5.74, 6) is 2.24. The van der Waals surface area contributed by atoms with Crippen molar-refractivity contribution in [2.45, 2.75) is 26.8 Å². The zero-order valence-corrected chi connectivity index (χ0v) is 15.5. The Bertz CT molecular complexity index is 439. The van der Waals surface area contributed by atoms with E-state index in [1.54, 1.807) is 7.11 Å². The Morgan fingerprint density at radius 1 is 1.24 bits per heavy atom. The van der Waals surface area contributed by atoms with Gasteiger partial charge in [-0.3, -0.25) is 4.99 Å². The molecular formula is C15H26IN3O2. The van der Waals surface area contributed by atoms with E-state index in [4.69, 9.17) is 15.2 Å². The van der Waals surface area contributed by atoms with Crippen LogP contribution in [0.25, 0.3) is 0 Å². The molecule has 21 heavy (non-hydrogen) atoms. The number of hydrogen-bond donors (Lipinski definition) is 2. The molecule has 0 bridgehead atoms. The van der Waals surface area contributed by atoms with E-state index in [0.29, 0.717) is 25.2 Å². The van der Waals surface area contributed by atoms with Gasteiger partial charge in [-0.1, -0.05) is 19.1 Å². The molecule has 0 fully saturated rings. The molecule has 1 rings (SSSR count). The Hall–Kier alpha value is -1.18. The first-order valence-corrected chi connectivity index (χ1v) is 6.85. The number of nitrogens with one attached hydrogen (secondary N) is 1. The third-order valence-corrected chi connectivity index (χ3v) is 2.60. The van der Waals surface area contributed by atoms with Gasteiger partial charge in [0.2, 0.25) is 0 Å².